The lowest BCUT2D eigenvalue weighted by atomic mass is 10.0. The first-order valence-electron chi connectivity index (χ1n) is 5.84. The van der Waals surface area contributed by atoms with Gasteiger partial charge in [-0.2, -0.15) is 0 Å². The Morgan fingerprint density at radius 3 is 3.00 bits per heavy atom. The molecule has 1 aromatic rings. The lowest BCUT2D eigenvalue weighted by Crippen LogP contribution is -2.40. The number of nitrogens with one attached hydrogen (secondary N) is 1. The van der Waals surface area contributed by atoms with Crippen molar-refractivity contribution < 1.29 is 0 Å². The molecule has 0 unspecified atom stereocenters. The second kappa shape index (κ2) is 4.41. The van der Waals surface area contributed by atoms with Crippen LogP contribution in [-0.4, -0.2) is 16.5 Å². The molecule has 1 saturated carbocycles. The fourth-order valence-corrected chi connectivity index (χ4v) is 4.31. The molecule has 0 aromatic carbocycles. The predicted octanol–water partition coefficient (Wildman–Crippen LogP) is 3.25. The van der Waals surface area contributed by atoms with E-state index in [9.17, 15) is 0 Å². The standard InChI is InChI=1S/C12H16N2S2/c1-2-6-12(5-1)9-16-11(14-12)13-8-10-4-3-7-15-10/h3-4,7H,1-2,5-6,8-9H2,(H,13,14). The highest BCUT2D eigenvalue weighted by molar-refractivity contribution is 8.14. The summed E-state index contributed by atoms with van der Waals surface area (Å²) < 4.78 is 0. The summed E-state index contributed by atoms with van der Waals surface area (Å²) in [5.41, 5.74) is 0.402. The first kappa shape index (κ1) is 10.7. The summed E-state index contributed by atoms with van der Waals surface area (Å²) in [6.07, 6.45) is 5.42. The molecule has 86 valence electrons. The molecule has 0 radical (unpaired) electrons. The molecule has 1 aliphatic heterocycles. The normalized spacial score (nSPS) is 25.4. The topological polar surface area (TPSA) is 24.4 Å². The van der Waals surface area contributed by atoms with E-state index in [1.165, 1.54) is 36.3 Å². The number of aliphatic imine (C=N–C) groups is 1. The van der Waals surface area contributed by atoms with Gasteiger partial charge in [-0.05, 0) is 24.3 Å². The lowest BCUT2D eigenvalue weighted by Gasteiger charge is -2.21. The Labute approximate surface area is 105 Å². The van der Waals surface area contributed by atoms with Gasteiger partial charge in [-0.1, -0.05) is 30.7 Å². The van der Waals surface area contributed by atoms with Crippen LogP contribution in [0.1, 0.15) is 30.6 Å². The average Bonchev–Trinajstić information content (AvgIpc) is 3.01. The van der Waals surface area contributed by atoms with E-state index in [1.807, 2.05) is 11.8 Å². The van der Waals surface area contributed by atoms with Gasteiger partial charge in [0.15, 0.2) is 5.17 Å². The summed E-state index contributed by atoms with van der Waals surface area (Å²) in [5.74, 6) is 1.22. The van der Waals surface area contributed by atoms with E-state index in [2.05, 4.69) is 27.8 Å². The number of hydrogen-bond donors (Lipinski definition) is 1. The number of thiophene rings is 1. The quantitative estimate of drug-likeness (QED) is 0.873. The number of amidine groups is 1. The molecular formula is C12H16N2S2. The highest BCUT2D eigenvalue weighted by atomic mass is 32.2. The highest BCUT2D eigenvalue weighted by Gasteiger charge is 2.39. The Morgan fingerprint density at radius 2 is 2.25 bits per heavy atom. The van der Waals surface area contributed by atoms with Crippen LogP contribution in [0.15, 0.2) is 22.5 Å². The molecule has 1 aromatic heterocycles. The van der Waals surface area contributed by atoms with Crippen LogP contribution in [0.3, 0.4) is 0 Å². The van der Waals surface area contributed by atoms with Crippen LogP contribution < -0.4 is 5.32 Å². The van der Waals surface area contributed by atoms with E-state index in [-0.39, 0.29) is 0 Å². The fraction of sp³-hybridized carbons (Fsp3) is 0.583. The van der Waals surface area contributed by atoms with Crippen molar-refractivity contribution in [2.45, 2.75) is 37.8 Å². The zero-order valence-electron chi connectivity index (χ0n) is 9.24. The van der Waals surface area contributed by atoms with Gasteiger partial charge in [0.25, 0.3) is 0 Å². The van der Waals surface area contributed by atoms with Gasteiger partial charge in [-0.15, -0.1) is 11.3 Å². The Morgan fingerprint density at radius 1 is 1.38 bits per heavy atom. The second-order valence-corrected chi connectivity index (χ2v) is 6.60. The summed E-state index contributed by atoms with van der Waals surface area (Å²) in [5, 5.41) is 6.92. The zero-order chi connectivity index (χ0) is 10.8. The Kier molecular flexibility index (Phi) is 2.94. The van der Waals surface area contributed by atoms with Crippen LogP contribution in [-0.2, 0) is 6.54 Å². The summed E-state index contributed by atoms with van der Waals surface area (Å²) in [4.78, 5) is 6.01. The van der Waals surface area contributed by atoms with Crippen molar-refractivity contribution in [3.05, 3.63) is 22.4 Å². The maximum absolute atomic E-state index is 4.66. The van der Waals surface area contributed by atoms with Crippen molar-refractivity contribution >= 4 is 28.3 Å². The van der Waals surface area contributed by atoms with Gasteiger partial charge in [0.1, 0.15) is 0 Å². The summed E-state index contributed by atoms with van der Waals surface area (Å²) in [7, 11) is 0. The van der Waals surface area contributed by atoms with Crippen molar-refractivity contribution in [1.82, 2.24) is 5.32 Å². The smallest absolute Gasteiger partial charge is 0.157 e. The van der Waals surface area contributed by atoms with Gasteiger partial charge in [-0.3, -0.25) is 4.99 Å². The predicted molar refractivity (Wildman–Crippen MR) is 72.3 cm³/mol. The third kappa shape index (κ3) is 2.13. The van der Waals surface area contributed by atoms with Crippen molar-refractivity contribution in [2.75, 3.05) is 5.75 Å². The van der Waals surface area contributed by atoms with Gasteiger partial charge in [0, 0.05) is 16.2 Å². The molecule has 2 heterocycles. The summed E-state index contributed by atoms with van der Waals surface area (Å²) in [6, 6.07) is 4.24. The van der Waals surface area contributed by atoms with Crippen LogP contribution in [0.4, 0.5) is 0 Å². The minimum Gasteiger partial charge on any atom is -0.359 e. The fourth-order valence-electron chi connectivity index (χ4n) is 2.46. The van der Waals surface area contributed by atoms with Crippen molar-refractivity contribution in [2.24, 2.45) is 4.99 Å². The van der Waals surface area contributed by atoms with Gasteiger partial charge in [-0.25, -0.2) is 0 Å². The molecule has 2 fully saturated rings. The van der Waals surface area contributed by atoms with E-state index in [4.69, 9.17) is 0 Å². The van der Waals surface area contributed by atoms with Crippen LogP contribution in [0, 0.1) is 0 Å². The summed E-state index contributed by atoms with van der Waals surface area (Å²) >= 11 is 3.69. The van der Waals surface area contributed by atoms with Crippen LogP contribution in [0.5, 0.6) is 0 Å². The minimum absolute atomic E-state index is 0.402. The van der Waals surface area contributed by atoms with Gasteiger partial charge in [0.05, 0.1) is 6.54 Å². The van der Waals surface area contributed by atoms with E-state index >= 15 is 0 Å². The molecule has 1 spiro atoms. The number of nitrogens with zero attached hydrogens (tertiary/aromatic N) is 1. The maximum atomic E-state index is 4.66. The Hall–Kier alpha value is -0.480. The maximum Gasteiger partial charge on any atom is 0.157 e. The van der Waals surface area contributed by atoms with Gasteiger partial charge < -0.3 is 5.32 Å². The van der Waals surface area contributed by atoms with Crippen LogP contribution in [0.2, 0.25) is 0 Å². The molecule has 4 heteroatoms. The molecule has 2 nitrogen and oxygen atoms in total. The Balaban J connectivity index is 1.62. The van der Waals surface area contributed by atoms with Crippen LogP contribution >= 0.6 is 23.1 Å². The zero-order valence-corrected chi connectivity index (χ0v) is 10.9. The van der Waals surface area contributed by atoms with E-state index in [1.54, 1.807) is 11.3 Å². The first-order valence-corrected chi connectivity index (χ1v) is 7.71. The molecule has 0 bridgehead atoms. The largest absolute Gasteiger partial charge is 0.359 e. The molecule has 0 atom stereocenters. The van der Waals surface area contributed by atoms with Gasteiger partial charge in [0.2, 0.25) is 0 Å². The number of hydrogen-bond acceptors (Lipinski definition) is 3. The molecule has 0 amide bonds. The van der Waals surface area contributed by atoms with Crippen molar-refractivity contribution in [1.29, 1.82) is 0 Å². The minimum atomic E-state index is 0.402. The highest BCUT2D eigenvalue weighted by Crippen LogP contribution is 2.37. The molecule has 3 rings (SSSR count). The molecule has 16 heavy (non-hydrogen) atoms. The third-order valence-corrected chi connectivity index (χ3v) is 5.44. The molecule has 1 aliphatic carbocycles. The molecule has 2 aliphatic rings. The molecular weight excluding hydrogens is 236 g/mol. The molecule has 1 N–H and O–H groups in total. The van der Waals surface area contributed by atoms with Gasteiger partial charge >= 0.3 is 0 Å². The van der Waals surface area contributed by atoms with Crippen molar-refractivity contribution in [3.63, 3.8) is 0 Å². The molecule has 1 saturated heterocycles. The van der Waals surface area contributed by atoms with E-state index in [0.29, 0.717) is 5.54 Å². The average molecular weight is 252 g/mol. The third-order valence-electron chi connectivity index (χ3n) is 3.38. The Bertz CT molecular complexity index is 378. The second-order valence-electron chi connectivity index (χ2n) is 4.60. The SMILES string of the molecule is c1csc(CN=C2NC3(CCCC3)CS2)c1. The summed E-state index contributed by atoms with van der Waals surface area (Å²) in [6.45, 7) is 0.836. The van der Waals surface area contributed by atoms with Crippen molar-refractivity contribution in [3.8, 4) is 0 Å². The monoisotopic (exact) mass is 252 g/mol. The number of thioether (sulfide) groups is 1. The first-order chi connectivity index (χ1) is 7.86. The van der Waals surface area contributed by atoms with E-state index in [0.717, 1.165) is 11.7 Å². The van der Waals surface area contributed by atoms with Crippen LogP contribution in [0.25, 0.3) is 0 Å². The lowest BCUT2D eigenvalue weighted by molar-refractivity contribution is 0.452. The van der Waals surface area contributed by atoms with E-state index < -0.39 is 0 Å². The number of rotatable bonds is 2.